The summed E-state index contributed by atoms with van der Waals surface area (Å²) in [6.45, 7) is 2.58. The van der Waals surface area contributed by atoms with Gasteiger partial charge >= 0.3 is 0 Å². The summed E-state index contributed by atoms with van der Waals surface area (Å²) < 4.78 is 13.9. The molecule has 0 N–H and O–H groups in total. The molecule has 0 aliphatic carbocycles. The van der Waals surface area contributed by atoms with Gasteiger partial charge in [0.15, 0.2) is 0 Å². The number of hydrogen-bond acceptors (Lipinski definition) is 1. The van der Waals surface area contributed by atoms with Gasteiger partial charge in [0.2, 0.25) is 0 Å². The Balaban J connectivity index is 3.58. The maximum atomic E-state index is 13.6. The van der Waals surface area contributed by atoms with Crippen LogP contribution in [0, 0.1) is 11.2 Å². The summed E-state index contributed by atoms with van der Waals surface area (Å²) in [6.07, 6.45) is 5.62. The van der Waals surface area contributed by atoms with Crippen LogP contribution < -0.4 is 0 Å². The Bertz CT molecular complexity index is 214. The number of halogens is 1. The van der Waals surface area contributed by atoms with Crippen molar-refractivity contribution in [3.05, 3.63) is 0 Å². The fraction of sp³-hybridized carbons (Fsp3) is 0.917. The Morgan fingerprint density at radius 1 is 1.25 bits per heavy atom. The van der Waals surface area contributed by atoms with E-state index in [0.717, 1.165) is 12.8 Å². The van der Waals surface area contributed by atoms with Crippen LogP contribution in [0.5, 0.6) is 0 Å². The molecule has 0 bridgehead atoms. The average Bonchev–Trinajstić information content (AvgIpc) is 2.16. The van der Waals surface area contributed by atoms with Crippen LogP contribution in [0.3, 0.4) is 0 Å². The van der Waals surface area contributed by atoms with E-state index in [9.17, 15) is 4.39 Å². The predicted molar refractivity (Wildman–Crippen MR) is 66.6 cm³/mol. The zero-order chi connectivity index (χ0) is 12.4. The van der Waals surface area contributed by atoms with Gasteiger partial charge in [0.05, 0.1) is 6.54 Å². The number of quaternary nitrogens is 1. The first-order valence-corrected chi connectivity index (χ1v) is 6.22. The molecule has 0 amide bonds. The summed E-state index contributed by atoms with van der Waals surface area (Å²) in [5.41, 5.74) is 0. The smallest absolute Gasteiger partial charge is 0.145 e. The highest BCUT2D eigenvalue weighted by Crippen LogP contribution is 2.11. The fourth-order valence-corrected chi connectivity index (χ4v) is 1.78. The number of rotatable bonds is 9. The molecule has 4 heteroatoms. The zero-order valence-corrected chi connectivity index (χ0v) is 10.9. The summed E-state index contributed by atoms with van der Waals surface area (Å²) in [6, 6.07) is 0. The minimum absolute atomic E-state index is 0.340. The summed E-state index contributed by atoms with van der Waals surface area (Å²) in [5.74, 6) is 1.98. The van der Waals surface area contributed by atoms with Crippen molar-refractivity contribution in [2.45, 2.75) is 51.6 Å². The van der Waals surface area contributed by atoms with Crippen LogP contribution in [0.4, 0.5) is 4.39 Å². The van der Waals surface area contributed by atoms with Gasteiger partial charge in [-0.25, -0.2) is 9.65 Å². The lowest BCUT2D eigenvalue weighted by atomic mass is 9.90. The maximum Gasteiger partial charge on any atom is 0.145 e. The quantitative estimate of drug-likeness (QED) is 0.438. The molecule has 0 aromatic rings. The van der Waals surface area contributed by atoms with Crippen LogP contribution in [0.15, 0.2) is 0 Å². The monoisotopic (exact) mass is 226 g/mol. The van der Waals surface area contributed by atoms with Crippen LogP contribution in [-0.2, 0) is 0 Å². The molecule has 1 atom stereocenters. The Labute approximate surface area is 100 Å². The molecule has 0 heterocycles. The van der Waals surface area contributed by atoms with Crippen LogP contribution >= 0.6 is 0 Å². The lowest BCUT2D eigenvalue weighted by Crippen LogP contribution is -2.46. The third-order valence-corrected chi connectivity index (χ3v) is 2.70. The van der Waals surface area contributed by atoms with E-state index in [4.69, 9.17) is 5.26 Å². The van der Waals surface area contributed by atoms with E-state index >= 15 is 0 Å². The second-order valence-electron chi connectivity index (χ2n) is 5.02. The molecule has 0 rings (SSSR count). The molecule has 92 valence electrons. The van der Waals surface area contributed by atoms with Crippen molar-refractivity contribution >= 4 is 7.41 Å². The zero-order valence-electron chi connectivity index (χ0n) is 10.9. The first-order chi connectivity index (χ1) is 7.52. The maximum absolute atomic E-state index is 13.6. The van der Waals surface area contributed by atoms with Crippen molar-refractivity contribution in [1.29, 1.82) is 5.26 Å². The van der Waals surface area contributed by atoms with Gasteiger partial charge in [-0.3, -0.25) is 0 Å². The second kappa shape index (κ2) is 8.58. The Kier molecular flexibility index (Phi) is 8.28. The van der Waals surface area contributed by atoms with Crippen molar-refractivity contribution in [2.24, 2.45) is 0 Å². The topological polar surface area (TPSA) is 23.8 Å². The molecule has 0 fully saturated rings. The molecule has 2 nitrogen and oxygen atoms in total. The number of alkyl halides is 1. The highest BCUT2D eigenvalue weighted by atomic mass is 19.1. The van der Waals surface area contributed by atoms with Crippen molar-refractivity contribution < 1.29 is 8.78 Å². The molecule has 16 heavy (non-hydrogen) atoms. The summed E-state index contributed by atoms with van der Waals surface area (Å²) in [4.78, 5) is 0. The van der Waals surface area contributed by atoms with Gasteiger partial charge in [0.25, 0.3) is 0 Å². The minimum atomic E-state index is -0.791. The van der Waals surface area contributed by atoms with E-state index in [-0.39, 0.29) is 0 Å². The van der Waals surface area contributed by atoms with Gasteiger partial charge in [-0.05, 0) is 6.42 Å². The van der Waals surface area contributed by atoms with Gasteiger partial charge in [-0.2, -0.15) is 0 Å². The van der Waals surface area contributed by atoms with Gasteiger partial charge in [0, 0.05) is 14.1 Å². The molecule has 0 saturated heterocycles. The van der Waals surface area contributed by atoms with Gasteiger partial charge in [-0.15, -0.1) is 5.97 Å². The van der Waals surface area contributed by atoms with E-state index < -0.39 is 6.17 Å². The number of nitrogens with zero attached hydrogens (tertiary/aromatic N) is 2. The molecule has 0 aromatic carbocycles. The normalized spacial score (nSPS) is 13.4. The molecular formula is C12H24BFN2. The molecule has 0 spiro atoms. The van der Waals surface area contributed by atoms with Crippen LogP contribution in [0.2, 0.25) is 0 Å². The molecular weight excluding hydrogens is 202 g/mol. The predicted octanol–water partition coefficient (Wildman–Crippen LogP) is 2.86. The minimum Gasteiger partial charge on any atom is -0.550 e. The third-order valence-electron chi connectivity index (χ3n) is 2.70. The van der Waals surface area contributed by atoms with E-state index in [2.05, 4.69) is 6.92 Å². The van der Waals surface area contributed by atoms with Gasteiger partial charge in [-0.1, -0.05) is 39.0 Å². The Hall–Kier alpha value is -0.555. The molecule has 0 aliphatic heterocycles. The molecule has 2 radical (unpaired) electrons. The number of unbranched alkanes of at least 4 members (excludes halogenated alkanes) is 4. The largest absolute Gasteiger partial charge is 0.550 e. The SMILES string of the molecule is CCCCCCCC(F)C[N+](C)(C)[B-]C#N. The van der Waals surface area contributed by atoms with E-state index in [1.807, 2.05) is 20.1 Å². The lowest BCUT2D eigenvalue weighted by Gasteiger charge is -2.41. The summed E-state index contributed by atoms with van der Waals surface area (Å²) in [5, 5.41) is 8.54. The third kappa shape index (κ3) is 8.73. The van der Waals surface area contributed by atoms with Crippen molar-refractivity contribution in [3.8, 4) is 5.97 Å². The summed E-state index contributed by atoms with van der Waals surface area (Å²) in [7, 11) is 5.18. The fourth-order valence-electron chi connectivity index (χ4n) is 1.78. The van der Waals surface area contributed by atoms with E-state index in [0.29, 0.717) is 17.4 Å². The summed E-state index contributed by atoms with van der Waals surface area (Å²) >= 11 is 0. The lowest BCUT2D eigenvalue weighted by molar-refractivity contribution is -0.780. The van der Waals surface area contributed by atoms with Crippen LogP contribution in [0.25, 0.3) is 0 Å². The number of hydrogen-bond donors (Lipinski definition) is 0. The number of nitriles is 1. The Morgan fingerprint density at radius 2 is 1.88 bits per heavy atom. The van der Waals surface area contributed by atoms with Crippen LogP contribution in [0.1, 0.15) is 45.4 Å². The van der Waals surface area contributed by atoms with Gasteiger partial charge < -0.3 is 4.39 Å². The van der Waals surface area contributed by atoms with Crippen molar-refractivity contribution in [2.75, 3.05) is 20.6 Å². The molecule has 0 saturated carbocycles. The second-order valence-corrected chi connectivity index (χ2v) is 5.02. The van der Waals surface area contributed by atoms with Crippen molar-refractivity contribution in [1.82, 2.24) is 0 Å². The highest BCUT2D eigenvalue weighted by Gasteiger charge is 2.13. The molecule has 0 aromatic heterocycles. The van der Waals surface area contributed by atoms with E-state index in [1.54, 1.807) is 0 Å². The van der Waals surface area contributed by atoms with Gasteiger partial charge in [0.1, 0.15) is 13.6 Å². The molecule has 1 unspecified atom stereocenters. The standard InChI is InChI=1S/C12H24BFN2/c1-4-5-6-7-8-9-12(14)10-16(2,3)13-11-15/h12H,4-10H2,1-3H3. The highest BCUT2D eigenvalue weighted by molar-refractivity contribution is 6.36. The van der Waals surface area contributed by atoms with Crippen LogP contribution in [-0.4, -0.2) is 38.6 Å². The van der Waals surface area contributed by atoms with Crippen molar-refractivity contribution in [3.63, 3.8) is 0 Å². The molecule has 0 aliphatic rings. The Morgan fingerprint density at radius 3 is 2.44 bits per heavy atom. The first kappa shape index (κ1) is 15.4. The average molecular weight is 226 g/mol. The first-order valence-electron chi connectivity index (χ1n) is 6.22. The van der Waals surface area contributed by atoms with E-state index in [1.165, 1.54) is 26.7 Å².